The number of halogens is 1. The maximum atomic E-state index is 12.9. The summed E-state index contributed by atoms with van der Waals surface area (Å²) in [6, 6.07) is 5.65. The van der Waals surface area contributed by atoms with E-state index in [0.29, 0.717) is 18.5 Å². The van der Waals surface area contributed by atoms with Crippen molar-refractivity contribution in [3.05, 3.63) is 30.1 Å². The fourth-order valence-corrected chi connectivity index (χ4v) is 2.76. The molecule has 0 bridgehead atoms. The molecule has 0 spiro atoms. The van der Waals surface area contributed by atoms with Gasteiger partial charge >= 0.3 is 0 Å². The Morgan fingerprint density at radius 3 is 2.40 bits per heavy atom. The quantitative estimate of drug-likeness (QED) is 0.385. The molecule has 1 saturated carbocycles. The topological polar surface area (TPSA) is 78.9 Å². The van der Waals surface area contributed by atoms with E-state index in [2.05, 4.69) is 5.16 Å². The standard InChI is InChI=1S/C14H18FN3O2/c1-18(11-6-4-10(15)5-7-11)13(19)14(12(16)17-20)8-2-3-9-14/h4-7,20H,2-3,8-9H2,1H3,(H2,16,17). The molecule has 1 aromatic rings. The van der Waals surface area contributed by atoms with Gasteiger partial charge in [0.1, 0.15) is 11.2 Å². The summed E-state index contributed by atoms with van der Waals surface area (Å²) in [5, 5.41) is 12.0. The van der Waals surface area contributed by atoms with Crippen molar-refractivity contribution in [1.29, 1.82) is 0 Å². The molecule has 0 atom stereocenters. The second-order valence-corrected chi connectivity index (χ2v) is 5.12. The van der Waals surface area contributed by atoms with Crippen molar-refractivity contribution in [3.8, 4) is 0 Å². The molecule has 1 amide bonds. The Kier molecular flexibility index (Phi) is 3.92. The van der Waals surface area contributed by atoms with E-state index < -0.39 is 5.41 Å². The highest BCUT2D eigenvalue weighted by Crippen LogP contribution is 2.40. The number of rotatable bonds is 3. The maximum Gasteiger partial charge on any atom is 0.240 e. The van der Waals surface area contributed by atoms with Gasteiger partial charge in [-0.1, -0.05) is 18.0 Å². The molecule has 5 nitrogen and oxygen atoms in total. The van der Waals surface area contributed by atoms with Crippen molar-refractivity contribution in [2.45, 2.75) is 25.7 Å². The summed E-state index contributed by atoms with van der Waals surface area (Å²) < 4.78 is 12.9. The molecule has 6 heteroatoms. The van der Waals surface area contributed by atoms with Crippen LogP contribution in [0.3, 0.4) is 0 Å². The average molecular weight is 279 g/mol. The van der Waals surface area contributed by atoms with Crippen LogP contribution in [-0.4, -0.2) is 24.0 Å². The molecular weight excluding hydrogens is 261 g/mol. The third kappa shape index (κ3) is 2.33. The van der Waals surface area contributed by atoms with Crippen LogP contribution in [0.2, 0.25) is 0 Å². The fourth-order valence-electron chi connectivity index (χ4n) is 2.76. The van der Waals surface area contributed by atoms with Crippen LogP contribution in [0.5, 0.6) is 0 Å². The first-order chi connectivity index (χ1) is 9.51. The van der Waals surface area contributed by atoms with Crippen LogP contribution in [0.15, 0.2) is 29.4 Å². The highest BCUT2D eigenvalue weighted by molar-refractivity contribution is 6.12. The van der Waals surface area contributed by atoms with Gasteiger partial charge in [0.05, 0.1) is 0 Å². The zero-order chi connectivity index (χ0) is 14.8. The minimum Gasteiger partial charge on any atom is -0.409 e. The number of nitrogens with two attached hydrogens (primary N) is 1. The second kappa shape index (κ2) is 5.48. The summed E-state index contributed by atoms with van der Waals surface area (Å²) in [5.41, 5.74) is 5.38. The molecule has 0 saturated heterocycles. The van der Waals surface area contributed by atoms with Crippen molar-refractivity contribution >= 4 is 17.4 Å². The zero-order valence-corrected chi connectivity index (χ0v) is 11.3. The normalized spacial score (nSPS) is 18.0. The molecule has 1 aliphatic rings. The van der Waals surface area contributed by atoms with Gasteiger partial charge in [-0.15, -0.1) is 0 Å². The summed E-state index contributed by atoms with van der Waals surface area (Å²) >= 11 is 0. The summed E-state index contributed by atoms with van der Waals surface area (Å²) in [4.78, 5) is 14.1. The highest BCUT2D eigenvalue weighted by atomic mass is 19.1. The molecule has 20 heavy (non-hydrogen) atoms. The van der Waals surface area contributed by atoms with Gasteiger partial charge in [-0.25, -0.2) is 4.39 Å². The number of carbonyl (C=O) groups is 1. The van der Waals surface area contributed by atoms with E-state index in [1.807, 2.05) is 0 Å². The van der Waals surface area contributed by atoms with Crippen molar-refractivity contribution < 1.29 is 14.4 Å². The summed E-state index contributed by atoms with van der Waals surface area (Å²) in [6.45, 7) is 0. The van der Waals surface area contributed by atoms with Gasteiger partial charge in [0.25, 0.3) is 0 Å². The molecule has 0 radical (unpaired) electrons. The lowest BCUT2D eigenvalue weighted by Gasteiger charge is -2.31. The van der Waals surface area contributed by atoms with Crippen molar-refractivity contribution in [3.63, 3.8) is 0 Å². The van der Waals surface area contributed by atoms with Crippen LogP contribution in [0.25, 0.3) is 0 Å². The van der Waals surface area contributed by atoms with Crippen molar-refractivity contribution in [2.24, 2.45) is 16.3 Å². The van der Waals surface area contributed by atoms with Gasteiger partial charge in [-0.3, -0.25) is 4.79 Å². The van der Waals surface area contributed by atoms with E-state index in [1.165, 1.54) is 29.2 Å². The lowest BCUT2D eigenvalue weighted by molar-refractivity contribution is -0.124. The van der Waals surface area contributed by atoms with Crippen molar-refractivity contribution in [1.82, 2.24) is 0 Å². The third-order valence-corrected chi connectivity index (χ3v) is 3.98. The number of carbonyl (C=O) groups excluding carboxylic acids is 1. The van der Waals surface area contributed by atoms with Crippen LogP contribution in [0.4, 0.5) is 10.1 Å². The predicted molar refractivity (Wildman–Crippen MR) is 74.1 cm³/mol. The predicted octanol–water partition coefficient (Wildman–Crippen LogP) is 2.10. The van der Waals surface area contributed by atoms with E-state index in [1.54, 1.807) is 7.05 Å². The maximum absolute atomic E-state index is 12.9. The van der Waals surface area contributed by atoms with Crippen LogP contribution >= 0.6 is 0 Å². The Bertz CT molecular complexity index is 522. The minimum atomic E-state index is -0.947. The van der Waals surface area contributed by atoms with Gasteiger partial charge in [0, 0.05) is 12.7 Å². The van der Waals surface area contributed by atoms with Crippen LogP contribution < -0.4 is 10.6 Å². The number of oxime groups is 1. The second-order valence-electron chi connectivity index (χ2n) is 5.12. The Hall–Kier alpha value is -2.11. The summed E-state index contributed by atoms with van der Waals surface area (Å²) in [7, 11) is 1.61. The molecule has 3 N–H and O–H groups in total. The average Bonchev–Trinajstić information content (AvgIpc) is 2.96. The molecule has 1 aliphatic carbocycles. The lowest BCUT2D eigenvalue weighted by atomic mass is 9.83. The number of nitrogens with zero attached hydrogens (tertiary/aromatic N) is 2. The number of amidine groups is 1. The zero-order valence-electron chi connectivity index (χ0n) is 11.3. The largest absolute Gasteiger partial charge is 0.409 e. The molecule has 2 rings (SSSR count). The van der Waals surface area contributed by atoms with E-state index >= 15 is 0 Å². The molecular formula is C14H18FN3O2. The monoisotopic (exact) mass is 279 g/mol. The molecule has 0 heterocycles. The molecule has 0 aromatic heterocycles. The van der Waals surface area contributed by atoms with E-state index in [-0.39, 0.29) is 17.6 Å². The van der Waals surface area contributed by atoms with Gasteiger partial charge in [0.15, 0.2) is 5.84 Å². The molecule has 1 aromatic carbocycles. The first kappa shape index (κ1) is 14.3. The Morgan fingerprint density at radius 1 is 1.35 bits per heavy atom. The van der Waals surface area contributed by atoms with Crippen molar-refractivity contribution in [2.75, 3.05) is 11.9 Å². The summed E-state index contributed by atoms with van der Waals surface area (Å²) in [5.74, 6) is -0.632. The number of anilines is 1. The highest BCUT2D eigenvalue weighted by Gasteiger charge is 2.47. The smallest absolute Gasteiger partial charge is 0.240 e. The van der Waals surface area contributed by atoms with E-state index in [9.17, 15) is 9.18 Å². The third-order valence-electron chi connectivity index (χ3n) is 3.98. The molecule has 0 unspecified atom stereocenters. The first-order valence-corrected chi connectivity index (χ1v) is 6.53. The Labute approximate surface area is 116 Å². The van der Waals surface area contributed by atoms with E-state index in [4.69, 9.17) is 10.9 Å². The number of amides is 1. The van der Waals surface area contributed by atoms with Gasteiger partial charge < -0.3 is 15.8 Å². The Morgan fingerprint density at radius 2 is 1.90 bits per heavy atom. The summed E-state index contributed by atoms with van der Waals surface area (Å²) in [6.07, 6.45) is 2.85. The van der Waals surface area contributed by atoms with Crippen LogP contribution in [0.1, 0.15) is 25.7 Å². The molecule has 108 valence electrons. The van der Waals surface area contributed by atoms with Gasteiger partial charge in [-0.2, -0.15) is 0 Å². The number of hydrogen-bond donors (Lipinski definition) is 2. The van der Waals surface area contributed by atoms with E-state index in [0.717, 1.165) is 12.8 Å². The Balaban J connectivity index is 2.30. The fraction of sp³-hybridized carbons (Fsp3) is 0.429. The SMILES string of the molecule is CN(C(=O)C1(C(N)=NO)CCCC1)c1ccc(F)cc1. The first-order valence-electron chi connectivity index (χ1n) is 6.53. The molecule has 1 fully saturated rings. The van der Waals surface area contributed by atoms with Crippen LogP contribution in [-0.2, 0) is 4.79 Å². The minimum absolute atomic E-state index is 0.0473. The lowest BCUT2D eigenvalue weighted by Crippen LogP contribution is -2.49. The molecule has 0 aliphatic heterocycles. The van der Waals surface area contributed by atoms with Gasteiger partial charge in [0.2, 0.25) is 5.91 Å². The number of benzene rings is 1. The van der Waals surface area contributed by atoms with Gasteiger partial charge in [-0.05, 0) is 37.1 Å². The number of hydrogen-bond acceptors (Lipinski definition) is 3. The van der Waals surface area contributed by atoms with Crippen LogP contribution in [0, 0.1) is 11.2 Å².